The maximum atomic E-state index is 6.46. The van der Waals surface area contributed by atoms with Crippen LogP contribution in [0.25, 0.3) is 0 Å². The summed E-state index contributed by atoms with van der Waals surface area (Å²) in [5.41, 5.74) is 11.1. The van der Waals surface area contributed by atoms with Gasteiger partial charge in [-0.3, -0.25) is 0 Å². The van der Waals surface area contributed by atoms with Crippen molar-refractivity contribution in [3.63, 3.8) is 0 Å². The summed E-state index contributed by atoms with van der Waals surface area (Å²) in [7, 11) is 1.69. The molecule has 0 amide bonds. The minimum atomic E-state index is -0.160. The number of benzene rings is 2. The van der Waals surface area contributed by atoms with E-state index < -0.39 is 0 Å². The molecule has 0 heterocycles. The lowest BCUT2D eigenvalue weighted by molar-refractivity contribution is 0.407. The summed E-state index contributed by atoms with van der Waals surface area (Å²) in [5, 5.41) is 0. The molecule has 0 bridgehead atoms. The minimum absolute atomic E-state index is 0.160. The Morgan fingerprint density at radius 3 is 2.52 bits per heavy atom. The molecule has 1 atom stereocenters. The van der Waals surface area contributed by atoms with Crippen LogP contribution in [0.4, 0.5) is 0 Å². The summed E-state index contributed by atoms with van der Waals surface area (Å²) >= 11 is 0. The fourth-order valence-electron chi connectivity index (χ4n) is 2.64. The zero-order valence-corrected chi connectivity index (χ0v) is 13.4. The van der Waals surface area contributed by atoms with Gasteiger partial charge < -0.3 is 10.5 Å². The number of ether oxygens (including phenoxy) is 1. The molecule has 2 heteroatoms. The fourth-order valence-corrected chi connectivity index (χ4v) is 2.64. The third-order valence-electron chi connectivity index (χ3n) is 3.68. The van der Waals surface area contributed by atoms with Crippen LogP contribution in [0.15, 0.2) is 42.5 Å². The number of hydrogen-bond acceptors (Lipinski definition) is 2. The molecule has 2 nitrogen and oxygen atoms in total. The molecule has 0 aromatic heterocycles. The van der Waals surface area contributed by atoms with Gasteiger partial charge in [-0.05, 0) is 42.0 Å². The third kappa shape index (κ3) is 3.85. The van der Waals surface area contributed by atoms with Crippen molar-refractivity contribution >= 4 is 0 Å². The van der Waals surface area contributed by atoms with Gasteiger partial charge >= 0.3 is 0 Å². The van der Waals surface area contributed by atoms with Crippen LogP contribution in [0.1, 0.15) is 42.1 Å². The molecule has 0 aliphatic carbocycles. The maximum absolute atomic E-state index is 6.46. The summed E-state index contributed by atoms with van der Waals surface area (Å²) < 4.78 is 5.48. The van der Waals surface area contributed by atoms with Crippen LogP contribution in [0.2, 0.25) is 0 Å². The molecule has 0 radical (unpaired) electrons. The Hall–Kier alpha value is -1.80. The first-order valence-corrected chi connectivity index (χ1v) is 7.50. The minimum Gasteiger partial charge on any atom is -0.496 e. The molecule has 0 aliphatic rings. The highest BCUT2D eigenvalue weighted by Crippen LogP contribution is 2.29. The molecule has 0 aliphatic heterocycles. The first kappa shape index (κ1) is 15.6. The van der Waals surface area contributed by atoms with E-state index in [-0.39, 0.29) is 6.04 Å². The van der Waals surface area contributed by atoms with Gasteiger partial charge in [0.1, 0.15) is 5.75 Å². The Morgan fingerprint density at radius 1 is 1.10 bits per heavy atom. The number of hydrogen-bond donors (Lipinski definition) is 1. The molecule has 0 spiro atoms. The van der Waals surface area contributed by atoms with Crippen molar-refractivity contribution in [1.29, 1.82) is 0 Å². The van der Waals surface area contributed by atoms with Gasteiger partial charge in [0.2, 0.25) is 0 Å². The van der Waals surface area contributed by atoms with Crippen molar-refractivity contribution in [2.75, 3.05) is 7.11 Å². The van der Waals surface area contributed by atoms with Crippen LogP contribution < -0.4 is 10.5 Å². The van der Waals surface area contributed by atoms with Crippen molar-refractivity contribution in [2.45, 2.75) is 33.2 Å². The lowest BCUT2D eigenvalue weighted by Crippen LogP contribution is -2.13. The molecule has 2 aromatic carbocycles. The summed E-state index contributed by atoms with van der Waals surface area (Å²) in [4.78, 5) is 0. The fraction of sp³-hybridized carbons (Fsp3) is 0.368. The van der Waals surface area contributed by atoms with Gasteiger partial charge in [0, 0.05) is 5.56 Å². The van der Waals surface area contributed by atoms with E-state index in [1.165, 1.54) is 11.1 Å². The van der Waals surface area contributed by atoms with E-state index >= 15 is 0 Å². The number of aryl methyl sites for hydroxylation is 1. The second-order valence-corrected chi connectivity index (χ2v) is 6.07. The van der Waals surface area contributed by atoms with Gasteiger partial charge in [-0.1, -0.05) is 50.2 Å². The van der Waals surface area contributed by atoms with Crippen LogP contribution in [0.3, 0.4) is 0 Å². The number of nitrogens with two attached hydrogens (primary N) is 1. The lowest BCUT2D eigenvalue weighted by atomic mass is 9.94. The molecule has 0 fully saturated rings. The highest BCUT2D eigenvalue weighted by Gasteiger charge is 2.14. The molecular weight excluding hydrogens is 258 g/mol. The Balaban J connectivity index is 2.33. The molecule has 2 rings (SSSR count). The van der Waals surface area contributed by atoms with Crippen molar-refractivity contribution in [2.24, 2.45) is 11.7 Å². The van der Waals surface area contributed by atoms with Gasteiger partial charge in [0.05, 0.1) is 13.2 Å². The van der Waals surface area contributed by atoms with Crippen LogP contribution in [0.5, 0.6) is 5.75 Å². The van der Waals surface area contributed by atoms with Crippen LogP contribution in [-0.4, -0.2) is 7.11 Å². The predicted molar refractivity (Wildman–Crippen MR) is 88.7 cm³/mol. The standard InChI is InChI=1S/C19H25NO/c1-13(2)10-15-6-5-7-16(12-15)19(20)17-9-8-14(3)11-18(17)21-4/h5-9,11-13,19H,10,20H2,1-4H3. The molecule has 0 saturated carbocycles. The molecule has 1 unspecified atom stereocenters. The first-order chi connectivity index (χ1) is 10.0. The Morgan fingerprint density at radius 2 is 1.86 bits per heavy atom. The van der Waals surface area contributed by atoms with Crippen LogP contribution >= 0.6 is 0 Å². The van der Waals surface area contributed by atoms with Gasteiger partial charge in [0.15, 0.2) is 0 Å². The largest absolute Gasteiger partial charge is 0.496 e. The molecular formula is C19H25NO. The molecule has 2 aromatic rings. The monoisotopic (exact) mass is 283 g/mol. The first-order valence-electron chi connectivity index (χ1n) is 7.50. The van der Waals surface area contributed by atoms with Crippen LogP contribution in [-0.2, 0) is 6.42 Å². The van der Waals surface area contributed by atoms with E-state index in [2.05, 4.69) is 57.2 Å². The van der Waals surface area contributed by atoms with Crippen molar-refractivity contribution in [1.82, 2.24) is 0 Å². The lowest BCUT2D eigenvalue weighted by Gasteiger charge is -2.18. The van der Waals surface area contributed by atoms with Crippen molar-refractivity contribution in [3.8, 4) is 5.75 Å². The van der Waals surface area contributed by atoms with Crippen LogP contribution in [0, 0.1) is 12.8 Å². The van der Waals surface area contributed by atoms with E-state index in [0.29, 0.717) is 5.92 Å². The van der Waals surface area contributed by atoms with E-state index in [0.717, 1.165) is 23.3 Å². The van der Waals surface area contributed by atoms with E-state index in [1.54, 1.807) is 7.11 Å². The third-order valence-corrected chi connectivity index (χ3v) is 3.68. The molecule has 2 N–H and O–H groups in total. The van der Waals surface area contributed by atoms with E-state index in [1.807, 2.05) is 6.07 Å². The predicted octanol–water partition coefficient (Wildman–Crippen LogP) is 4.25. The average molecular weight is 283 g/mol. The quantitative estimate of drug-likeness (QED) is 0.890. The molecule has 0 saturated heterocycles. The summed E-state index contributed by atoms with van der Waals surface area (Å²) in [6.45, 7) is 6.52. The zero-order valence-electron chi connectivity index (χ0n) is 13.4. The zero-order chi connectivity index (χ0) is 15.4. The highest BCUT2D eigenvalue weighted by atomic mass is 16.5. The highest BCUT2D eigenvalue weighted by molar-refractivity contribution is 5.44. The maximum Gasteiger partial charge on any atom is 0.124 e. The average Bonchev–Trinajstić information content (AvgIpc) is 2.46. The van der Waals surface area contributed by atoms with Crippen molar-refractivity contribution < 1.29 is 4.74 Å². The van der Waals surface area contributed by atoms with Crippen molar-refractivity contribution in [3.05, 3.63) is 64.7 Å². The number of rotatable bonds is 5. The van der Waals surface area contributed by atoms with Gasteiger partial charge in [-0.2, -0.15) is 0 Å². The second-order valence-electron chi connectivity index (χ2n) is 6.07. The summed E-state index contributed by atoms with van der Waals surface area (Å²) in [6, 6.07) is 14.6. The normalized spacial score (nSPS) is 12.5. The Kier molecular flexibility index (Phi) is 5.03. The Labute approximate surface area is 127 Å². The van der Waals surface area contributed by atoms with Gasteiger partial charge in [0.25, 0.3) is 0 Å². The van der Waals surface area contributed by atoms with E-state index in [9.17, 15) is 0 Å². The van der Waals surface area contributed by atoms with Gasteiger partial charge in [-0.15, -0.1) is 0 Å². The second kappa shape index (κ2) is 6.77. The topological polar surface area (TPSA) is 35.2 Å². The summed E-state index contributed by atoms with van der Waals surface area (Å²) in [6.07, 6.45) is 1.07. The Bertz CT molecular complexity index is 604. The molecule has 21 heavy (non-hydrogen) atoms. The number of methoxy groups -OCH3 is 1. The molecule has 112 valence electrons. The van der Waals surface area contributed by atoms with Gasteiger partial charge in [-0.25, -0.2) is 0 Å². The SMILES string of the molecule is COc1cc(C)ccc1C(N)c1cccc(CC(C)C)c1. The van der Waals surface area contributed by atoms with E-state index in [4.69, 9.17) is 10.5 Å². The summed E-state index contributed by atoms with van der Waals surface area (Å²) in [5.74, 6) is 1.50. The smallest absolute Gasteiger partial charge is 0.124 e.